The molecule has 0 aliphatic heterocycles. The van der Waals surface area contributed by atoms with Crippen molar-refractivity contribution in [1.82, 2.24) is 15.0 Å². The molecule has 3 aromatic rings. The van der Waals surface area contributed by atoms with Crippen LogP contribution in [0.2, 0.25) is 0 Å². The second-order valence-corrected chi connectivity index (χ2v) is 9.82. The van der Waals surface area contributed by atoms with Crippen LogP contribution in [0.25, 0.3) is 10.2 Å². The molecule has 0 saturated carbocycles. The summed E-state index contributed by atoms with van der Waals surface area (Å²) in [5, 5.41) is 9.08. The first-order valence-corrected chi connectivity index (χ1v) is 10.6. The van der Waals surface area contributed by atoms with Gasteiger partial charge in [-0.3, -0.25) is 9.59 Å². The van der Waals surface area contributed by atoms with Crippen molar-refractivity contribution in [3.05, 3.63) is 56.7 Å². The third kappa shape index (κ3) is 3.20. The molecule has 0 amide bonds. The zero-order valence-corrected chi connectivity index (χ0v) is 17.5. The summed E-state index contributed by atoms with van der Waals surface area (Å²) in [5.41, 5.74) is 1.74. The number of Topliss-reactive ketones (excluding diaryl/α,β-unsaturated/α-hetero) is 1. The van der Waals surface area contributed by atoms with Crippen LogP contribution >= 0.6 is 11.3 Å². The van der Waals surface area contributed by atoms with Crippen LogP contribution in [0.1, 0.15) is 61.0 Å². The predicted molar refractivity (Wildman–Crippen MR) is 112 cm³/mol. The molecule has 1 aromatic carbocycles. The first kappa shape index (κ1) is 19.0. The van der Waals surface area contributed by atoms with Crippen LogP contribution in [0.5, 0.6) is 0 Å². The molecular formula is C22H25N3O2S. The number of hydrogen-bond acceptors (Lipinski definition) is 5. The number of hydrogen-bond donors (Lipinski definition) is 0. The Morgan fingerprint density at radius 1 is 1.25 bits per heavy atom. The minimum Gasteiger partial charge on any atom is -0.292 e. The summed E-state index contributed by atoms with van der Waals surface area (Å²) in [6.45, 7) is 8.55. The molecule has 1 aliphatic carbocycles. The molecule has 6 heteroatoms. The Bertz CT molecular complexity index is 1090. The number of ketones is 1. The molecule has 0 N–H and O–H groups in total. The second kappa shape index (κ2) is 6.92. The van der Waals surface area contributed by atoms with Gasteiger partial charge < -0.3 is 0 Å². The van der Waals surface area contributed by atoms with E-state index in [4.69, 9.17) is 0 Å². The Morgan fingerprint density at radius 3 is 2.64 bits per heavy atom. The molecule has 0 saturated heterocycles. The topological polar surface area (TPSA) is 64.8 Å². The van der Waals surface area contributed by atoms with E-state index >= 15 is 0 Å². The highest BCUT2D eigenvalue weighted by atomic mass is 32.1. The molecule has 2 aromatic heterocycles. The van der Waals surface area contributed by atoms with Crippen molar-refractivity contribution in [1.29, 1.82) is 0 Å². The van der Waals surface area contributed by atoms with Gasteiger partial charge in [0.1, 0.15) is 6.04 Å². The van der Waals surface area contributed by atoms with E-state index in [1.807, 2.05) is 18.2 Å². The van der Waals surface area contributed by atoms with E-state index in [-0.39, 0.29) is 16.8 Å². The fraction of sp³-hybridized carbons (Fsp3) is 0.455. The van der Waals surface area contributed by atoms with E-state index in [0.717, 1.165) is 24.8 Å². The van der Waals surface area contributed by atoms with Crippen molar-refractivity contribution >= 4 is 27.3 Å². The summed E-state index contributed by atoms with van der Waals surface area (Å²) in [4.78, 5) is 28.0. The van der Waals surface area contributed by atoms with Crippen molar-refractivity contribution in [2.24, 2.45) is 11.3 Å². The Hall–Kier alpha value is -2.34. The molecule has 0 fully saturated rings. The molecule has 2 atom stereocenters. The third-order valence-corrected chi connectivity index (χ3v) is 7.07. The average Bonchev–Trinajstić information content (AvgIpc) is 3.05. The van der Waals surface area contributed by atoms with Crippen molar-refractivity contribution in [3.8, 4) is 0 Å². The van der Waals surface area contributed by atoms with Gasteiger partial charge in [-0.15, -0.1) is 16.4 Å². The molecular weight excluding hydrogens is 370 g/mol. The van der Waals surface area contributed by atoms with Gasteiger partial charge in [0.25, 0.3) is 5.56 Å². The van der Waals surface area contributed by atoms with Crippen LogP contribution in [0.4, 0.5) is 0 Å². The number of carbonyl (C=O) groups is 1. The first-order valence-electron chi connectivity index (χ1n) is 9.76. The number of aryl methyl sites for hydroxylation is 1. The smallest absolute Gasteiger partial charge is 0.279 e. The summed E-state index contributed by atoms with van der Waals surface area (Å²) in [5.74, 6) is 0.468. The SMILES string of the molecule is C[C@@H](C(=O)c1ccccc1)n1nnc2sc3c(c2c1=O)CC[C@H](C(C)(C)C)C3. The lowest BCUT2D eigenvalue weighted by Crippen LogP contribution is -2.32. The second-order valence-electron chi connectivity index (χ2n) is 8.74. The number of benzene rings is 1. The lowest BCUT2D eigenvalue weighted by Gasteiger charge is -2.33. The lowest BCUT2D eigenvalue weighted by atomic mass is 9.72. The van der Waals surface area contributed by atoms with Gasteiger partial charge >= 0.3 is 0 Å². The lowest BCUT2D eigenvalue weighted by molar-refractivity contribution is 0.0923. The van der Waals surface area contributed by atoms with Crippen molar-refractivity contribution < 1.29 is 4.79 Å². The first-order chi connectivity index (χ1) is 13.3. The molecule has 0 radical (unpaired) electrons. The van der Waals surface area contributed by atoms with Crippen LogP contribution < -0.4 is 5.56 Å². The van der Waals surface area contributed by atoms with Gasteiger partial charge in [-0.25, -0.2) is 0 Å². The Kier molecular flexibility index (Phi) is 4.70. The highest BCUT2D eigenvalue weighted by molar-refractivity contribution is 7.18. The number of rotatable bonds is 3. The highest BCUT2D eigenvalue weighted by Gasteiger charge is 2.32. The molecule has 4 rings (SSSR count). The van der Waals surface area contributed by atoms with Gasteiger partial charge in [0.15, 0.2) is 10.6 Å². The quantitative estimate of drug-likeness (QED) is 0.615. The van der Waals surface area contributed by atoms with E-state index in [2.05, 4.69) is 31.1 Å². The van der Waals surface area contributed by atoms with Crippen LogP contribution in [0.3, 0.4) is 0 Å². The van der Waals surface area contributed by atoms with Crippen LogP contribution in [0.15, 0.2) is 35.1 Å². The highest BCUT2D eigenvalue weighted by Crippen LogP contribution is 2.41. The summed E-state index contributed by atoms with van der Waals surface area (Å²) in [6, 6.07) is 8.33. The van der Waals surface area contributed by atoms with E-state index in [1.54, 1.807) is 30.4 Å². The van der Waals surface area contributed by atoms with Gasteiger partial charge in [0.05, 0.1) is 5.39 Å². The maximum atomic E-state index is 13.2. The predicted octanol–water partition coefficient (Wildman–Crippen LogP) is 4.45. The Balaban J connectivity index is 1.74. The van der Waals surface area contributed by atoms with E-state index < -0.39 is 6.04 Å². The molecule has 1 aliphatic rings. The third-order valence-electron chi connectivity index (χ3n) is 5.93. The molecule has 5 nitrogen and oxygen atoms in total. The normalized spacial score (nSPS) is 18.1. The maximum Gasteiger partial charge on any atom is 0.279 e. The molecule has 2 heterocycles. The number of nitrogens with zero attached hydrogens (tertiary/aromatic N) is 3. The van der Waals surface area contributed by atoms with Gasteiger partial charge in [-0.05, 0) is 43.1 Å². The summed E-state index contributed by atoms with van der Waals surface area (Å²) in [6.07, 6.45) is 2.94. The van der Waals surface area contributed by atoms with E-state index in [0.29, 0.717) is 21.7 Å². The van der Waals surface area contributed by atoms with Crippen LogP contribution in [-0.4, -0.2) is 20.8 Å². The van der Waals surface area contributed by atoms with Crippen LogP contribution in [0, 0.1) is 11.3 Å². The number of thiophene rings is 1. The molecule has 0 spiro atoms. The number of aromatic nitrogens is 3. The van der Waals surface area contributed by atoms with E-state index in [9.17, 15) is 9.59 Å². The standard InChI is InChI=1S/C22H25N3O2S/c1-13(19(26)14-8-6-5-7-9-14)25-21(27)18-16-11-10-15(22(2,3)4)12-17(16)28-20(18)23-24-25/h5-9,13,15H,10-12H2,1-4H3/t13-,15-/m0/s1. The zero-order chi connectivity index (χ0) is 20.1. The van der Waals surface area contributed by atoms with Gasteiger partial charge in [-0.2, -0.15) is 4.68 Å². The fourth-order valence-electron chi connectivity index (χ4n) is 4.05. The minimum absolute atomic E-state index is 0.131. The Morgan fingerprint density at radius 2 is 1.96 bits per heavy atom. The molecule has 0 unspecified atom stereocenters. The minimum atomic E-state index is -0.687. The van der Waals surface area contributed by atoms with Crippen molar-refractivity contribution in [2.75, 3.05) is 0 Å². The molecule has 146 valence electrons. The van der Waals surface area contributed by atoms with Gasteiger partial charge in [-0.1, -0.05) is 56.3 Å². The van der Waals surface area contributed by atoms with Crippen LogP contribution in [-0.2, 0) is 12.8 Å². The van der Waals surface area contributed by atoms with E-state index in [1.165, 1.54) is 9.56 Å². The Labute approximate surface area is 168 Å². The molecule has 28 heavy (non-hydrogen) atoms. The fourth-order valence-corrected chi connectivity index (χ4v) is 5.29. The number of fused-ring (bicyclic) bond motifs is 3. The summed E-state index contributed by atoms with van der Waals surface area (Å²) in [7, 11) is 0. The average molecular weight is 396 g/mol. The largest absolute Gasteiger partial charge is 0.292 e. The van der Waals surface area contributed by atoms with Crippen molar-refractivity contribution in [3.63, 3.8) is 0 Å². The van der Waals surface area contributed by atoms with Gasteiger partial charge in [0.2, 0.25) is 0 Å². The maximum absolute atomic E-state index is 13.2. The van der Waals surface area contributed by atoms with Crippen molar-refractivity contribution in [2.45, 2.75) is 53.0 Å². The monoisotopic (exact) mass is 395 g/mol. The number of carbonyl (C=O) groups excluding carboxylic acids is 1. The zero-order valence-electron chi connectivity index (χ0n) is 16.7. The molecule has 0 bridgehead atoms. The summed E-state index contributed by atoms with van der Waals surface area (Å²) >= 11 is 1.59. The summed E-state index contributed by atoms with van der Waals surface area (Å²) < 4.78 is 1.25. The van der Waals surface area contributed by atoms with Gasteiger partial charge in [0, 0.05) is 10.4 Å².